The fraction of sp³-hybridized carbons (Fsp3) is 0. The molecular formula is C6H5BrN4S. The maximum Gasteiger partial charge on any atom is 0.197 e. The Bertz CT molecular complexity index is 355. The van der Waals surface area contributed by atoms with Crippen LogP contribution in [0.1, 0.15) is 0 Å². The predicted molar refractivity (Wildman–Crippen MR) is 51.8 cm³/mol. The summed E-state index contributed by atoms with van der Waals surface area (Å²) in [7, 11) is 0. The maximum atomic E-state index is 5.42. The minimum absolute atomic E-state index is 0.411. The summed E-state index contributed by atoms with van der Waals surface area (Å²) in [6, 6.07) is 0. The van der Waals surface area contributed by atoms with Gasteiger partial charge in [0.25, 0.3) is 0 Å². The molecule has 0 aliphatic rings. The van der Waals surface area contributed by atoms with Gasteiger partial charge in [0.2, 0.25) is 0 Å². The first kappa shape index (κ1) is 7.75. The molecule has 0 aromatic carbocycles. The molecule has 0 aliphatic carbocycles. The summed E-state index contributed by atoms with van der Waals surface area (Å²) in [5.41, 5.74) is 7.12. The van der Waals surface area contributed by atoms with Gasteiger partial charge in [-0.15, -0.1) is 11.3 Å². The lowest BCUT2D eigenvalue weighted by Gasteiger charge is -1.86. The van der Waals surface area contributed by atoms with Crippen LogP contribution in [-0.2, 0) is 0 Å². The Balaban J connectivity index is 2.43. The second-order valence-electron chi connectivity index (χ2n) is 2.17. The lowest BCUT2D eigenvalue weighted by Crippen LogP contribution is -1.85. The molecule has 12 heavy (non-hydrogen) atoms. The number of nitrogens with two attached hydrogens (primary N) is 1. The Morgan fingerprint density at radius 1 is 1.58 bits per heavy atom. The first-order chi connectivity index (χ1) is 5.75. The number of anilines is 1. The van der Waals surface area contributed by atoms with Crippen LogP contribution >= 0.6 is 27.3 Å². The van der Waals surface area contributed by atoms with Crippen molar-refractivity contribution in [1.82, 2.24) is 15.0 Å². The van der Waals surface area contributed by atoms with E-state index in [9.17, 15) is 0 Å². The third-order valence-corrected chi connectivity index (χ3v) is 2.71. The van der Waals surface area contributed by atoms with Gasteiger partial charge in [-0.1, -0.05) is 0 Å². The number of hydrogen-bond acceptors (Lipinski definition) is 4. The van der Waals surface area contributed by atoms with Gasteiger partial charge in [-0.3, -0.25) is 0 Å². The average molecular weight is 245 g/mol. The average Bonchev–Trinajstić information content (AvgIpc) is 2.58. The number of nitrogen functional groups attached to an aromatic ring is 1. The van der Waals surface area contributed by atoms with Crippen molar-refractivity contribution in [3.8, 4) is 11.4 Å². The van der Waals surface area contributed by atoms with Gasteiger partial charge in [-0.05, 0) is 15.9 Å². The smallest absolute Gasteiger partial charge is 0.197 e. The van der Waals surface area contributed by atoms with Gasteiger partial charge in [0.1, 0.15) is 5.69 Å². The third-order valence-electron chi connectivity index (χ3n) is 1.35. The highest BCUT2D eigenvalue weighted by Gasteiger charge is 2.04. The molecule has 2 aromatic rings. The summed E-state index contributed by atoms with van der Waals surface area (Å²) < 4.78 is 0.852. The zero-order valence-corrected chi connectivity index (χ0v) is 8.32. The molecule has 2 heterocycles. The molecule has 4 nitrogen and oxygen atoms in total. The van der Waals surface area contributed by atoms with Gasteiger partial charge in [-0.2, -0.15) is 0 Å². The monoisotopic (exact) mass is 244 g/mol. The van der Waals surface area contributed by atoms with Gasteiger partial charge in [0, 0.05) is 5.38 Å². The lowest BCUT2D eigenvalue weighted by atomic mass is 10.4. The van der Waals surface area contributed by atoms with E-state index in [0.29, 0.717) is 5.95 Å². The molecule has 2 aromatic heterocycles. The van der Waals surface area contributed by atoms with E-state index in [2.05, 4.69) is 30.9 Å². The number of aromatic amines is 1. The minimum Gasteiger partial charge on any atom is -0.369 e. The third kappa shape index (κ3) is 1.35. The van der Waals surface area contributed by atoms with Crippen LogP contribution in [-0.4, -0.2) is 15.0 Å². The molecule has 0 aliphatic heterocycles. The van der Waals surface area contributed by atoms with Crippen LogP contribution in [0.5, 0.6) is 0 Å². The van der Waals surface area contributed by atoms with Crippen molar-refractivity contribution in [3.05, 3.63) is 15.5 Å². The SMILES string of the molecule is Nc1ncc(-c2csc(Br)n2)[nH]1. The highest BCUT2D eigenvalue weighted by Crippen LogP contribution is 2.23. The van der Waals surface area contributed by atoms with Crippen molar-refractivity contribution < 1.29 is 0 Å². The molecule has 0 atom stereocenters. The zero-order chi connectivity index (χ0) is 8.55. The number of nitrogens with zero attached hydrogens (tertiary/aromatic N) is 2. The number of thiazole rings is 1. The first-order valence-electron chi connectivity index (χ1n) is 3.17. The van der Waals surface area contributed by atoms with E-state index in [4.69, 9.17) is 5.73 Å². The van der Waals surface area contributed by atoms with Crippen molar-refractivity contribution in [3.63, 3.8) is 0 Å². The molecular weight excluding hydrogens is 240 g/mol. The van der Waals surface area contributed by atoms with Crippen molar-refractivity contribution in [2.24, 2.45) is 0 Å². The summed E-state index contributed by atoms with van der Waals surface area (Å²) in [6.45, 7) is 0. The number of H-pyrrole nitrogens is 1. The Morgan fingerprint density at radius 2 is 2.42 bits per heavy atom. The summed E-state index contributed by atoms with van der Waals surface area (Å²) in [5, 5.41) is 1.93. The largest absolute Gasteiger partial charge is 0.369 e. The van der Waals surface area contributed by atoms with E-state index < -0.39 is 0 Å². The van der Waals surface area contributed by atoms with Crippen molar-refractivity contribution in [2.45, 2.75) is 0 Å². The second-order valence-corrected chi connectivity index (χ2v) is 4.30. The molecule has 0 spiro atoms. The topological polar surface area (TPSA) is 67.6 Å². The molecule has 62 valence electrons. The quantitative estimate of drug-likeness (QED) is 0.805. The van der Waals surface area contributed by atoms with Crippen LogP contribution < -0.4 is 5.73 Å². The second kappa shape index (κ2) is 2.87. The molecule has 0 amide bonds. The molecule has 0 radical (unpaired) electrons. The van der Waals surface area contributed by atoms with Crippen molar-refractivity contribution in [2.75, 3.05) is 5.73 Å². The fourth-order valence-corrected chi connectivity index (χ4v) is 1.85. The number of imidazole rings is 1. The van der Waals surface area contributed by atoms with Crippen LogP contribution in [0.25, 0.3) is 11.4 Å². The van der Waals surface area contributed by atoms with Crippen LogP contribution in [0.2, 0.25) is 0 Å². The first-order valence-corrected chi connectivity index (χ1v) is 4.85. The Hall–Kier alpha value is -0.880. The predicted octanol–water partition coefficient (Wildman–Crippen LogP) is 1.88. The molecule has 3 N–H and O–H groups in total. The minimum atomic E-state index is 0.411. The standard InChI is InChI=1S/C6H5BrN4S/c7-5-10-4(2-12-5)3-1-9-6(8)11-3/h1-2H,(H3,8,9,11). The lowest BCUT2D eigenvalue weighted by molar-refractivity contribution is 1.30. The number of nitrogens with one attached hydrogen (secondary N) is 1. The molecule has 0 bridgehead atoms. The number of halogens is 1. The van der Waals surface area contributed by atoms with Crippen LogP contribution in [0.4, 0.5) is 5.95 Å². The van der Waals surface area contributed by atoms with E-state index in [1.807, 2.05) is 5.38 Å². The van der Waals surface area contributed by atoms with E-state index in [0.717, 1.165) is 15.3 Å². The van der Waals surface area contributed by atoms with Crippen molar-refractivity contribution in [1.29, 1.82) is 0 Å². The van der Waals surface area contributed by atoms with Crippen LogP contribution in [0.3, 0.4) is 0 Å². The van der Waals surface area contributed by atoms with Gasteiger partial charge in [0.15, 0.2) is 9.87 Å². The van der Waals surface area contributed by atoms with Gasteiger partial charge >= 0.3 is 0 Å². The van der Waals surface area contributed by atoms with Gasteiger partial charge in [-0.25, -0.2) is 9.97 Å². The zero-order valence-electron chi connectivity index (χ0n) is 5.91. The van der Waals surface area contributed by atoms with E-state index in [1.165, 1.54) is 11.3 Å². The van der Waals surface area contributed by atoms with Gasteiger partial charge in [0.05, 0.1) is 11.9 Å². The Labute approximate surface area is 81.0 Å². The number of hydrogen-bond donors (Lipinski definition) is 2. The normalized spacial score (nSPS) is 10.4. The number of rotatable bonds is 1. The molecule has 6 heteroatoms. The summed E-state index contributed by atoms with van der Waals surface area (Å²) in [4.78, 5) is 11.0. The van der Waals surface area contributed by atoms with E-state index in [1.54, 1.807) is 6.20 Å². The molecule has 0 fully saturated rings. The summed E-state index contributed by atoms with van der Waals surface area (Å²) in [5.74, 6) is 0.411. The molecule has 2 rings (SSSR count). The fourth-order valence-electron chi connectivity index (χ4n) is 0.842. The van der Waals surface area contributed by atoms with E-state index >= 15 is 0 Å². The molecule has 0 saturated heterocycles. The van der Waals surface area contributed by atoms with Crippen LogP contribution in [0.15, 0.2) is 15.5 Å². The highest BCUT2D eigenvalue weighted by molar-refractivity contribution is 9.11. The molecule has 0 unspecified atom stereocenters. The highest BCUT2D eigenvalue weighted by atomic mass is 79.9. The Morgan fingerprint density at radius 3 is 2.92 bits per heavy atom. The number of aromatic nitrogens is 3. The van der Waals surface area contributed by atoms with Crippen LogP contribution in [0, 0.1) is 0 Å². The van der Waals surface area contributed by atoms with Crippen molar-refractivity contribution >= 4 is 33.2 Å². The van der Waals surface area contributed by atoms with Gasteiger partial charge < -0.3 is 10.7 Å². The maximum absolute atomic E-state index is 5.42. The van der Waals surface area contributed by atoms with E-state index in [-0.39, 0.29) is 0 Å². The molecule has 0 saturated carbocycles. The summed E-state index contributed by atoms with van der Waals surface area (Å²) in [6.07, 6.45) is 1.66. The summed E-state index contributed by atoms with van der Waals surface area (Å²) >= 11 is 4.80. The Kier molecular flexibility index (Phi) is 1.86.